The van der Waals surface area contributed by atoms with Crippen molar-refractivity contribution < 1.29 is 9.53 Å². The molecule has 2 rings (SSSR count). The van der Waals surface area contributed by atoms with Crippen LogP contribution in [0.25, 0.3) is 0 Å². The lowest BCUT2D eigenvalue weighted by atomic mass is 9.95. The average Bonchev–Trinajstić information content (AvgIpc) is 3.03. The van der Waals surface area contributed by atoms with E-state index in [1.807, 2.05) is 30.3 Å². The summed E-state index contributed by atoms with van der Waals surface area (Å²) in [5.74, 6) is 1.01. The average molecular weight is 329 g/mol. The second-order valence-corrected chi connectivity index (χ2v) is 6.37. The molecular formula is C19H27N3O2. The Hall–Kier alpha value is -2.30. The maximum Gasteiger partial charge on any atom is 0.272 e. The summed E-state index contributed by atoms with van der Waals surface area (Å²) in [6.07, 6.45) is 2.64. The first-order chi connectivity index (χ1) is 11.5. The first-order valence-electron chi connectivity index (χ1n) is 8.52. The molecule has 130 valence electrons. The van der Waals surface area contributed by atoms with Crippen molar-refractivity contribution in [2.24, 2.45) is 5.92 Å². The van der Waals surface area contributed by atoms with Gasteiger partial charge in [-0.05, 0) is 36.5 Å². The SMILES string of the molecule is CCCc1cc(C(=O)NC(Cc2ccccc2OC)C(C)C)n[nH]1. The van der Waals surface area contributed by atoms with Crippen LogP contribution in [-0.4, -0.2) is 29.3 Å². The summed E-state index contributed by atoms with van der Waals surface area (Å²) in [5.41, 5.74) is 2.53. The number of benzene rings is 1. The highest BCUT2D eigenvalue weighted by Gasteiger charge is 2.20. The predicted molar refractivity (Wildman–Crippen MR) is 95.4 cm³/mol. The Morgan fingerprint density at radius 3 is 2.75 bits per heavy atom. The first-order valence-corrected chi connectivity index (χ1v) is 8.52. The number of ether oxygens (including phenoxy) is 1. The quantitative estimate of drug-likeness (QED) is 0.780. The van der Waals surface area contributed by atoms with Crippen LogP contribution in [0.1, 0.15) is 48.9 Å². The highest BCUT2D eigenvalue weighted by Crippen LogP contribution is 2.21. The number of rotatable bonds is 8. The Kier molecular flexibility index (Phi) is 6.41. The van der Waals surface area contributed by atoms with Crippen molar-refractivity contribution in [1.29, 1.82) is 0 Å². The molecule has 1 aromatic heterocycles. The van der Waals surface area contributed by atoms with E-state index in [-0.39, 0.29) is 11.9 Å². The number of amides is 1. The van der Waals surface area contributed by atoms with Crippen LogP contribution in [0.3, 0.4) is 0 Å². The minimum Gasteiger partial charge on any atom is -0.496 e. The van der Waals surface area contributed by atoms with E-state index in [1.165, 1.54) is 0 Å². The number of aryl methyl sites for hydroxylation is 1. The van der Waals surface area contributed by atoms with Gasteiger partial charge in [0.1, 0.15) is 11.4 Å². The molecule has 1 amide bonds. The molecule has 0 saturated carbocycles. The summed E-state index contributed by atoms with van der Waals surface area (Å²) in [5, 5.41) is 10.2. The van der Waals surface area contributed by atoms with Gasteiger partial charge in [0.25, 0.3) is 5.91 Å². The van der Waals surface area contributed by atoms with Crippen molar-refractivity contribution >= 4 is 5.91 Å². The zero-order valence-electron chi connectivity index (χ0n) is 14.9. The van der Waals surface area contributed by atoms with Crippen LogP contribution in [0.2, 0.25) is 0 Å². The van der Waals surface area contributed by atoms with Crippen molar-refractivity contribution in [3.8, 4) is 5.75 Å². The lowest BCUT2D eigenvalue weighted by molar-refractivity contribution is 0.0920. The minimum absolute atomic E-state index is 0.0140. The molecule has 0 fully saturated rings. The van der Waals surface area contributed by atoms with Gasteiger partial charge in [0, 0.05) is 11.7 Å². The zero-order chi connectivity index (χ0) is 17.5. The number of nitrogens with one attached hydrogen (secondary N) is 2. The van der Waals surface area contributed by atoms with E-state index in [1.54, 1.807) is 7.11 Å². The molecule has 2 N–H and O–H groups in total. The van der Waals surface area contributed by atoms with Gasteiger partial charge in [-0.2, -0.15) is 5.10 Å². The molecule has 0 saturated heterocycles. The third-order valence-corrected chi connectivity index (χ3v) is 4.14. The Labute approximate surface area is 143 Å². The highest BCUT2D eigenvalue weighted by molar-refractivity contribution is 5.92. The summed E-state index contributed by atoms with van der Waals surface area (Å²) < 4.78 is 5.42. The number of carbonyl (C=O) groups excluding carboxylic acids is 1. The van der Waals surface area contributed by atoms with Crippen LogP contribution < -0.4 is 10.1 Å². The van der Waals surface area contributed by atoms with Crippen molar-refractivity contribution in [3.05, 3.63) is 47.3 Å². The Bertz CT molecular complexity index is 664. The molecule has 1 aromatic carbocycles. The fourth-order valence-corrected chi connectivity index (χ4v) is 2.68. The number of carbonyl (C=O) groups is 1. The van der Waals surface area contributed by atoms with Gasteiger partial charge in [0.05, 0.1) is 7.11 Å². The van der Waals surface area contributed by atoms with E-state index in [0.29, 0.717) is 11.6 Å². The van der Waals surface area contributed by atoms with Gasteiger partial charge in [-0.1, -0.05) is 45.4 Å². The van der Waals surface area contributed by atoms with Crippen molar-refractivity contribution in [3.63, 3.8) is 0 Å². The predicted octanol–water partition coefficient (Wildman–Crippen LogP) is 3.37. The monoisotopic (exact) mass is 329 g/mol. The molecule has 1 unspecified atom stereocenters. The van der Waals surface area contributed by atoms with Crippen LogP contribution in [0, 0.1) is 5.92 Å². The molecule has 0 aliphatic heterocycles. The van der Waals surface area contributed by atoms with Gasteiger partial charge in [-0.15, -0.1) is 0 Å². The van der Waals surface area contributed by atoms with Crippen LogP contribution in [0.15, 0.2) is 30.3 Å². The molecule has 5 nitrogen and oxygen atoms in total. The smallest absolute Gasteiger partial charge is 0.272 e. The lowest BCUT2D eigenvalue weighted by Crippen LogP contribution is -2.40. The van der Waals surface area contributed by atoms with E-state index in [0.717, 1.165) is 36.3 Å². The molecule has 1 heterocycles. The van der Waals surface area contributed by atoms with E-state index < -0.39 is 0 Å². The number of aromatic nitrogens is 2. The molecule has 0 spiro atoms. The van der Waals surface area contributed by atoms with E-state index in [2.05, 4.69) is 36.3 Å². The third kappa shape index (κ3) is 4.60. The van der Waals surface area contributed by atoms with E-state index in [9.17, 15) is 4.79 Å². The molecule has 0 aliphatic carbocycles. The number of H-pyrrole nitrogens is 1. The third-order valence-electron chi connectivity index (χ3n) is 4.14. The van der Waals surface area contributed by atoms with Gasteiger partial charge in [0.15, 0.2) is 0 Å². The lowest BCUT2D eigenvalue weighted by Gasteiger charge is -2.23. The van der Waals surface area contributed by atoms with Crippen molar-refractivity contribution in [2.45, 2.75) is 46.1 Å². The Morgan fingerprint density at radius 2 is 2.08 bits per heavy atom. The fraction of sp³-hybridized carbons (Fsp3) is 0.474. The second kappa shape index (κ2) is 8.52. The van der Waals surface area contributed by atoms with Gasteiger partial charge < -0.3 is 10.1 Å². The summed E-state index contributed by atoms with van der Waals surface area (Å²) in [6, 6.07) is 9.76. The molecule has 1 atom stereocenters. The van der Waals surface area contributed by atoms with E-state index >= 15 is 0 Å². The summed E-state index contributed by atoms with van der Waals surface area (Å²) in [4.78, 5) is 12.5. The topological polar surface area (TPSA) is 67.0 Å². The summed E-state index contributed by atoms with van der Waals surface area (Å²) in [7, 11) is 1.67. The van der Waals surface area contributed by atoms with Crippen LogP contribution >= 0.6 is 0 Å². The molecule has 0 aliphatic rings. The van der Waals surface area contributed by atoms with Crippen molar-refractivity contribution in [2.75, 3.05) is 7.11 Å². The molecule has 0 bridgehead atoms. The number of hydrogen-bond acceptors (Lipinski definition) is 3. The van der Waals surface area contributed by atoms with Crippen LogP contribution in [0.5, 0.6) is 5.75 Å². The number of para-hydroxylation sites is 1. The van der Waals surface area contributed by atoms with Crippen LogP contribution in [0.4, 0.5) is 0 Å². The van der Waals surface area contributed by atoms with Gasteiger partial charge in [-0.25, -0.2) is 0 Å². The molecule has 0 radical (unpaired) electrons. The second-order valence-electron chi connectivity index (χ2n) is 6.37. The molecule has 5 heteroatoms. The number of hydrogen-bond donors (Lipinski definition) is 2. The number of nitrogens with zero attached hydrogens (tertiary/aromatic N) is 1. The summed E-state index contributed by atoms with van der Waals surface area (Å²) in [6.45, 7) is 6.31. The Balaban J connectivity index is 2.08. The maximum atomic E-state index is 12.5. The summed E-state index contributed by atoms with van der Waals surface area (Å²) >= 11 is 0. The zero-order valence-corrected chi connectivity index (χ0v) is 14.9. The highest BCUT2D eigenvalue weighted by atomic mass is 16.5. The van der Waals surface area contributed by atoms with Crippen molar-refractivity contribution in [1.82, 2.24) is 15.5 Å². The molecule has 2 aromatic rings. The fourth-order valence-electron chi connectivity index (χ4n) is 2.68. The molecular weight excluding hydrogens is 302 g/mol. The first kappa shape index (κ1) is 18.0. The van der Waals surface area contributed by atoms with Crippen LogP contribution in [-0.2, 0) is 12.8 Å². The van der Waals surface area contributed by atoms with Gasteiger partial charge >= 0.3 is 0 Å². The molecule has 24 heavy (non-hydrogen) atoms. The van der Waals surface area contributed by atoms with E-state index in [4.69, 9.17) is 4.74 Å². The normalized spacial score (nSPS) is 12.2. The minimum atomic E-state index is -0.137. The van der Waals surface area contributed by atoms with Gasteiger partial charge in [0.2, 0.25) is 0 Å². The number of aromatic amines is 1. The Morgan fingerprint density at radius 1 is 1.33 bits per heavy atom. The largest absolute Gasteiger partial charge is 0.496 e. The standard InChI is InChI=1S/C19H27N3O2/c1-5-8-15-12-17(22-21-15)19(23)20-16(13(2)3)11-14-9-6-7-10-18(14)24-4/h6-7,9-10,12-13,16H,5,8,11H2,1-4H3,(H,20,23)(H,21,22). The van der Waals surface area contributed by atoms with Gasteiger partial charge in [-0.3, -0.25) is 9.89 Å². The number of methoxy groups -OCH3 is 1. The maximum absolute atomic E-state index is 12.5.